The Morgan fingerprint density at radius 2 is 1.60 bits per heavy atom. The van der Waals surface area contributed by atoms with Crippen molar-refractivity contribution in [2.24, 2.45) is 0 Å². The molecule has 0 saturated heterocycles. The fourth-order valence-corrected chi connectivity index (χ4v) is 1.81. The number of hydrogen-bond acceptors (Lipinski definition) is 1. The van der Waals surface area contributed by atoms with E-state index in [4.69, 9.17) is 11.6 Å². The average Bonchev–Trinajstić information content (AvgIpc) is 2.38. The number of anilines is 1. The Kier molecular flexibility index (Phi) is 3.99. The Bertz CT molecular complexity index is 623. The van der Waals surface area contributed by atoms with Crippen LogP contribution in [0.5, 0.6) is 0 Å². The Morgan fingerprint density at radius 3 is 2.15 bits per heavy atom. The molecule has 0 aliphatic rings. The minimum Gasteiger partial charge on any atom is -0.322 e. The van der Waals surface area contributed by atoms with Crippen molar-refractivity contribution in [3.8, 4) is 0 Å². The standard InChI is InChI=1S/C14H9ClF3NO/c15-12-4-2-1-3-11(12)13(20)19-10-7-5-9(6-8-10)14(16,17)18/h1-8H,(H,19,20). The first kappa shape index (κ1) is 14.4. The van der Waals surface area contributed by atoms with Gasteiger partial charge in [-0.25, -0.2) is 0 Å². The summed E-state index contributed by atoms with van der Waals surface area (Å²) >= 11 is 5.86. The van der Waals surface area contributed by atoms with Crippen LogP contribution in [0, 0.1) is 0 Å². The van der Waals surface area contributed by atoms with Crippen LogP contribution < -0.4 is 5.32 Å². The lowest BCUT2D eigenvalue weighted by atomic mass is 10.1. The van der Waals surface area contributed by atoms with Gasteiger partial charge < -0.3 is 5.32 Å². The molecule has 0 aliphatic carbocycles. The Labute approximate surface area is 118 Å². The molecule has 2 aromatic rings. The van der Waals surface area contributed by atoms with Crippen LogP contribution in [0.15, 0.2) is 48.5 Å². The molecule has 104 valence electrons. The lowest BCUT2D eigenvalue weighted by molar-refractivity contribution is -0.137. The van der Waals surface area contributed by atoms with E-state index < -0.39 is 17.6 Å². The van der Waals surface area contributed by atoms with Crippen molar-refractivity contribution in [2.45, 2.75) is 6.18 Å². The third kappa shape index (κ3) is 3.30. The number of halogens is 4. The maximum atomic E-state index is 12.4. The summed E-state index contributed by atoms with van der Waals surface area (Å²) in [5.41, 5.74) is -0.245. The zero-order chi connectivity index (χ0) is 14.8. The van der Waals surface area contributed by atoms with Crippen LogP contribution in [0.3, 0.4) is 0 Å². The van der Waals surface area contributed by atoms with Gasteiger partial charge in [-0.1, -0.05) is 23.7 Å². The highest BCUT2D eigenvalue weighted by Gasteiger charge is 2.30. The van der Waals surface area contributed by atoms with E-state index in [-0.39, 0.29) is 16.3 Å². The zero-order valence-electron chi connectivity index (χ0n) is 10.0. The van der Waals surface area contributed by atoms with Crippen molar-refractivity contribution in [3.63, 3.8) is 0 Å². The molecule has 0 atom stereocenters. The van der Waals surface area contributed by atoms with E-state index in [9.17, 15) is 18.0 Å². The normalized spacial score (nSPS) is 11.2. The molecule has 0 bridgehead atoms. The van der Waals surface area contributed by atoms with Crippen LogP contribution in [0.25, 0.3) is 0 Å². The van der Waals surface area contributed by atoms with Gasteiger partial charge in [0.2, 0.25) is 0 Å². The molecule has 1 N–H and O–H groups in total. The molecule has 2 rings (SSSR count). The number of hydrogen-bond donors (Lipinski definition) is 1. The van der Waals surface area contributed by atoms with Crippen molar-refractivity contribution in [1.29, 1.82) is 0 Å². The Morgan fingerprint density at radius 1 is 1.00 bits per heavy atom. The highest BCUT2D eigenvalue weighted by molar-refractivity contribution is 6.34. The molecule has 0 spiro atoms. The van der Waals surface area contributed by atoms with E-state index in [0.29, 0.717) is 0 Å². The molecule has 1 amide bonds. The summed E-state index contributed by atoms with van der Waals surface area (Å²) < 4.78 is 37.2. The molecule has 0 aromatic heterocycles. The second-order valence-electron chi connectivity index (χ2n) is 4.01. The van der Waals surface area contributed by atoms with Gasteiger partial charge in [-0.15, -0.1) is 0 Å². The number of benzene rings is 2. The summed E-state index contributed by atoms with van der Waals surface area (Å²) in [4.78, 5) is 11.9. The highest BCUT2D eigenvalue weighted by atomic mass is 35.5. The predicted octanol–water partition coefficient (Wildman–Crippen LogP) is 4.61. The Balaban J connectivity index is 2.15. The molecular weight excluding hydrogens is 291 g/mol. The molecule has 0 heterocycles. The fraction of sp³-hybridized carbons (Fsp3) is 0.0714. The molecule has 6 heteroatoms. The monoisotopic (exact) mass is 299 g/mol. The first-order chi connectivity index (χ1) is 9.38. The van der Waals surface area contributed by atoms with Gasteiger partial charge in [0.1, 0.15) is 0 Å². The summed E-state index contributed by atoms with van der Waals surface area (Å²) in [7, 11) is 0. The number of carbonyl (C=O) groups is 1. The molecule has 2 nitrogen and oxygen atoms in total. The van der Waals surface area contributed by atoms with Crippen LogP contribution >= 0.6 is 11.6 Å². The number of carbonyl (C=O) groups excluding carboxylic acids is 1. The van der Waals surface area contributed by atoms with Crippen LogP contribution in [-0.2, 0) is 6.18 Å². The fourth-order valence-electron chi connectivity index (χ4n) is 1.59. The van der Waals surface area contributed by atoms with Crippen molar-refractivity contribution < 1.29 is 18.0 Å². The second-order valence-corrected chi connectivity index (χ2v) is 4.42. The quantitative estimate of drug-likeness (QED) is 0.862. The van der Waals surface area contributed by atoms with Crippen LogP contribution in [-0.4, -0.2) is 5.91 Å². The average molecular weight is 300 g/mol. The summed E-state index contributed by atoms with van der Waals surface area (Å²) in [5, 5.41) is 2.76. The molecule has 2 aromatic carbocycles. The van der Waals surface area contributed by atoms with Crippen molar-refractivity contribution in [1.82, 2.24) is 0 Å². The molecule has 0 fully saturated rings. The van der Waals surface area contributed by atoms with Gasteiger partial charge in [-0.2, -0.15) is 13.2 Å². The Hall–Kier alpha value is -2.01. The van der Waals surface area contributed by atoms with Gasteiger partial charge in [0, 0.05) is 5.69 Å². The predicted molar refractivity (Wildman–Crippen MR) is 70.8 cm³/mol. The van der Waals surface area contributed by atoms with Gasteiger partial charge in [0.25, 0.3) is 5.91 Å². The molecule has 0 aliphatic heterocycles. The van der Waals surface area contributed by atoms with Gasteiger partial charge in [-0.05, 0) is 36.4 Å². The van der Waals surface area contributed by atoms with E-state index in [1.165, 1.54) is 18.2 Å². The third-order valence-electron chi connectivity index (χ3n) is 2.59. The van der Waals surface area contributed by atoms with Crippen molar-refractivity contribution in [2.75, 3.05) is 5.32 Å². The third-order valence-corrected chi connectivity index (χ3v) is 2.92. The minimum atomic E-state index is -4.40. The van der Waals surface area contributed by atoms with Crippen LogP contribution in [0.2, 0.25) is 5.02 Å². The highest BCUT2D eigenvalue weighted by Crippen LogP contribution is 2.30. The molecule has 0 radical (unpaired) electrons. The van der Waals surface area contributed by atoms with E-state index in [2.05, 4.69) is 5.32 Å². The van der Waals surface area contributed by atoms with Crippen LogP contribution in [0.4, 0.5) is 18.9 Å². The number of nitrogens with one attached hydrogen (secondary N) is 1. The smallest absolute Gasteiger partial charge is 0.322 e. The summed E-state index contributed by atoms with van der Waals surface area (Å²) in [6.45, 7) is 0. The summed E-state index contributed by atoms with van der Waals surface area (Å²) in [6, 6.07) is 10.6. The molecule has 20 heavy (non-hydrogen) atoms. The van der Waals surface area contributed by atoms with Crippen LogP contribution in [0.1, 0.15) is 15.9 Å². The van der Waals surface area contributed by atoms with Gasteiger partial charge >= 0.3 is 6.18 Å². The summed E-state index contributed by atoms with van der Waals surface area (Å²) in [5.74, 6) is -0.477. The molecule has 0 unspecified atom stereocenters. The molecular formula is C14H9ClF3NO. The lowest BCUT2D eigenvalue weighted by Crippen LogP contribution is -2.12. The van der Waals surface area contributed by atoms with Crippen molar-refractivity contribution in [3.05, 3.63) is 64.7 Å². The SMILES string of the molecule is O=C(Nc1ccc(C(F)(F)F)cc1)c1ccccc1Cl. The van der Waals surface area contributed by atoms with Gasteiger partial charge in [0.05, 0.1) is 16.1 Å². The maximum absolute atomic E-state index is 12.4. The van der Waals surface area contributed by atoms with E-state index >= 15 is 0 Å². The van der Waals surface area contributed by atoms with Gasteiger partial charge in [-0.3, -0.25) is 4.79 Å². The second kappa shape index (κ2) is 5.54. The molecule has 0 saturated carbocycles. The largest absolute Gasteiger partial charge is 0.416 e. The van der Waals surface area contributed by atoms with E-state index in [0.717, 1.165) is 12.1 Å². The van der Waals surface area contributed by atoms with E-state index in [1.807, 2.05) is 0 Å². The topological polar surface area (TPSA) is 29.1 Å². The van der Waals surface area contributed by atoms with Crippen molar-refractivity contribution >= 4 is 23.2 Å². The van der Waals surface area contributed by atoms with Gasteiger partial charge in [0.15, 0.2) is 0 Å². The van der Waals surface area contributed by atoms with E-state index in [1.54, 1.807) is 18.2 Å². The minimum absolute atomic E-state index is 0.258. The number of amides is 1. The number of rotatable bonds is 2. The first-order valence-corrected chi connectivity index (χ1v) is 5.99. The maximum Gasteiger partial charge on any atom is 0.416 e. The first-order valence-electron chi connectivity index (χ1n) is 5.61. The summed E-state index contributed by atoms with van der Waals surface area (Å²) in [6.07, 6.45) is -4.40. The lowest BCUT2D eigenvalue weighted by Gasteiger charge is -2.09. The zero-order valence-corrected chi connectivity index (χ0v) is 10.8. The number of alkyl halides is 3.